The lowest BCUT2D eigenvalue weighted by Crippen LogP contribution is -2.38. The first-order chi connectivity index (χ1) is 8.41. The van der Waals surface area contributed by atoms with E-state index in [1.165, 1.54) is 19.2 Å². The van der Waals surface area contributed by atoms with Crippen molar-refractivity contribution >= 4 is 5.82 Å². The molecule has 0 aromatic carbocycles. The quantitative estimate of drug-likeness (QED) is 0.474. The summed E-state index contributed by atoms with van der Waals surface area (Å²) in [6.45, 7) is 1.42. The van der Waals surface area contributed by atoms with Crippen LogP contribution in [0, 0.1) is 0 Å². The molecule has 0 amide bonds. The van der Waals surface area contributed by atoms with E-state index in [4.69, 9.17) is 10.5 Å². The summed E-state index contributed by atoms with van der Waals surface area (Å²) in [4.78, 5) is 15.1. The highest BCUT2D eigenvalue weighted by atomic mass is 16.6. The van der Waals surface area contributed by atoms with E-state index >= 15 is 0 Å². The van der Waals surface area contributed by atoms with Gasteiger partial charge in [-0.15, -0.1) is 0 Å². The van der Waals surface area contributed by atoms with Crippen molar-refractivity contribution in [2.45, 2.75) is 37.6 Å². The molecule has 0 aliphatic carbocycles. The molecule has 1 aromatic heterocycles. The second kappa shape index (κ2) is 4.65. The summed E-state index contributed by atoms with van der Waals surface area (Å²) in [7, 11) is 0. The van der Waals surface area contributed by atoms with Gasteiger partial charge in [0.15, 0.2) is 6.23 Å². The molecule has 2 heterocycles. The van der Waals surface area contributed by atoms with Gasteiger partial charge in [0, 0.05) is 6.20 Å². The van der Waals surface area contributed by atoms with Gasteiger partial charge in [-0.3, -0.25) is 4.57 Å². The molecule has 8 heteroatoms. The van der Waals surface area contributed by atoms with Gasteiger partial charge in [0.1, 0.15) is 24.1 Å². The SMILES string of the molecule is CC(O)[C@H]1OC(n2ccc(N)nc2=O)[C@H](O)[C@@H]1O. The van der Waals surface area contributed by atoms with Crippen LogP contribution in [0.4, 0.5) is 5.82 Å². The minimum Gasteiger partial charge on any atom is -0.391 e. The molecule has 100 valence electrons. The predicted molar refractivity (Wildman–Crippen MR) is 60.5 cm³/mol. The Balaban J connectivity index is 2.32. The molecule has 2 unspecified atom stereocenters. The zero-order chi connectivity index (χ0) is 13.4. The molecule has 8 nitrogen and oxygen atoms in total. The number of ether oxygens (including phenoxy) is 1. The summed E-state index contributed by atoms with van der Waals surface area (Å²) in [5.74, 6) is 0.0522. The van der Waals surface area contributed by atoms with E-state index in [0.29, 0.717) is 0 Å². The van der Waals surface area contributed by atoms with Gasteiger partial charge in [-0.25, -0.2) is 4.79 Å². The van der Waals surface area contributed by atoms with E-state index in [9.17, 15) is 20.1 Å². The van der Waals surface area contributed by atoms with Crippen LogP contribution in [-0.4, -0.2) is 49.3 Å². The molecule has 2 rings (SSSR count). The Hall–Kier alpha value is -1.48. The molecule has 0 saturated carbocycles. The van der Waals surface area contributed by atoms with Crippen LogP contribution in [-0.2, 0) is 4.74 Å². The predicted octanol–water partition coefficient (Wildman–Crippen LogP) is -2.17. The minimum atomic E-state index is -1.33. The monoisotopic (exact) mass is 257 g/mol. The first-order valence-electron chi connectivity index (χ1n) is 5.46. The van der Waals surface area contributed by atoms with E-state index in [0.717, 1.165) is 4.57 Å². The van der Waals surface area contributed by atoms with Crippen LogP contribution in [0.3, 0.4) is 0 Å². The largest absolute Gasteiger partial charge is 0.391 e. The lowest BCUT2D eigenvalue weighted by atomic mass is 10.1. The highest BCUT2D eigenvalue weighted by molar-refractivity contribution is 5.23. The molecule has 1 saturated heterocycles. The maximum Gasteiger partial charge on any atom is 0.351 e. The van der Waals surface area contributed by atoms with Crippen LogP contribution in [0.2, 0.25) is 0 Å². The Morgan fingerprint density at radius 3 is 2.67 bits per heavy atom. The van der Waals surface area contributed by atoms with Gasteiger partial charge < -0.3 is 25.8 Å². The van der Waals surface area contributed by atoms with E-state index < -0.39 is 36.3 Å². The molecule has 0 radical (unpaired) electrons. The van der Waals surface area contributed by atoms with Crippen LogP contribution in [0.1, 0.15) is 13.2 Å². The number of hydrogen-bond donors (Lipinski definition) is 4. The third-order valence-electron chi connectivity index (χ3n) is 2.88. The van der Waals surface area contributed by atoms with Crippen LogP contribution in [0.15, 0.2) is 17.1 Å². The number of nitrogens with two attached hydrogens (primary N) is 1. The van der Waals surface area contributed by atoms with Crippen molar-refractivity contribution in [3.8, 4) is 0 Å². The lowest BCUT2D eigenvalue weighted by Gasteiger charge is -2.17. The molecule has 5 atom stereocenters. The second-order valence-electron chi connectivity index (χ2n) is 4.26. The Morgan fingerprint density at radius 2 is 2.17 bits per heavy atom. The summed E-state index contributed by atoms with van der Waals surface area (Å²) >= 11 is 0. The number of aromatic nitrogens is 2. The molecule has 0 spiro atoms. The Labute approximate surface area is 102 Å². The molecule has 5 N–H and O–H groups in total. The maximum absolute atomic E-state index is 11.6. The van der Waals surface area contributed by atoms with Gasteiger partial charge in [0.05, 0.1) is 6.10 Å². The normalized spacial score (nSPS) is 33.6. The van der Waals surface area contributed by atoms with E-state index in [2.05, 4.69) is 4.98 Å². The number of rotatable bonds is 2. The standard InChI is InChI=1S/C10H15N3O5/c1-4(14)8-6(15)7(16)9(18-8)13-3-2-5(11)12-10(13)17/h2-4,6-9,14-16H,1H3,(H2,11,12,17)/t4?,6-,7+,8+,9?/m0/s1. The summed E-state index contributed by atoms with van der Waals surface area (Å²) in [5, 5.41) is 28.9. The summed E-state index contributed by atoms with van der Waals surface area (Å²) in [6, 6.07) is 1.37. The number of aliphatic hydroxyl groups is 3. The second-order valence-corrected chi connectivity index (χ2v) is 4.26. The van der Waals surface area contributed by atoms with E-state index in [1.807, 2.05) is 0 Å². The Bertz CT molecular complexity index is 489. The first kappa shape index (κ1) is 13.0. The van der Waals surface area contributed by atoms with Crippen molar-refractivity contribution < 1.29 is 20.1 Å². The molecular weight excluding hydrogens is 242 g/mol. The lowest BCUT2D eigenvalue weighted by molar-refractivity contribution is -0.0803. The van der Waals surface area contributed by atoms with Gasteiger partial charge >= 0.3 is 5.69 Å². The van der Waals surface area contributed by atoms with E-state index in [1.54, 1.807) is 0 Å². The average Bonchev–Trinajstić information content (AvgIpc) is 2.57. The highest BCUT2D eigenvalue weighted by Crippen LogP contribution is 2.29. The maximum atomic E-state index is 11.6. The topological polar surface area (TPSA) is 131 Å². The van der Waals surface area contributed by atoms with Crippen molar-refractivity contribution in [1.29, 1.82) is 0 Å². The third-order valence-corrected chi connectivity index (χ3v) is 2.88. The fourth-order valence-corrected chi connectivity index (χ4v) is 1.93. The van der Waals surface area contributed by atoms with Crippen LogP contribution in [0.25, 0.3) is 0 Å². The third kappa shape index (κ3) is 2.10. The van der Waals surface area contributed by atoms with Crippen molar-refractivity contribution in [2.24, 2.45) is 0 Å². The zero-order valence-electron chi connectivity index (χ0n) is 9.67. The first-order valence-corrected chi connectivity index (χ1v) is 5.46. The summed E-state index contributed by atoms with van der Waals surface area (Å²) in [5.41, 5.74) is 4.65. The van der Waals surface area contributed by atoms with Gasteiger partial charge in [0.25, 0.3) is 0 Å². The molecule has 18 heavy (non-hydrogen) atoms. The van der Waals surface area contributed by atoms with Gasteiger partial charge in [-0.2, -0.15) is 4.98 Å². The molecule has 0 bridgehead atoms. The number of anilines is 1. The zero-order valence-corrected chi connectivity index (χ0v) is 9.67. The molecule has 1 aromatic rings. The molecule has 1 fully saturated rings. The summed E-state index contributed by atoms with van der Waals surface area (Å²) in [6.07, 6.45) is -4.32. The number of nitrogens with zero attached hydrogens (tertiary/aromatic N) is 2. The van der Waals surface area contributed by atoms with Gasteiger partial charge in [-0.05, 0) is 13.0 Å². The van der Waals surface area contributed by atoms with Crippen molar-refractivity contribution in [1.82, 2.24) is 9.55 Å². The number of hydrogen-bond acceptors (Lipinski definition) is 7. The fraction of sp³-hybridized carbons (Fsp3) is 0.600. The van der Waals surface area contributed by atoms with Gasteiger partial charge in [-0.1, -0.05) is 0 Å². The number of nitrogen functional groups attached to an aromatic ring is 1. The van der Waals surface area contributed by atoms with Crippen LogP contribution < -0.4 is 11.4 Å². The number of aliphatic hydroxyl groups excluding tert-OH is 3. The highest BCUT2D eigenvalue weighted by Gasteiger charge is 2.46. The van der Waals surface area contributed by atoms with Gasteiger partial charge in [0.2, 0.25) is 0 Å². The summed E-state index contributed by atoms with van der Waals surface area (Å²) < 4.78 is 6.31. The minimum absolute atomic E-state index is 0.0522. The van der Waals surface area contributed by atoms with E-state index in [-0.39, 0.29) is 5.82 Å². The van der Waals surface area contributed by atoms with Crippen molar-refractivity contribution in [3.05, 3.63) is 22.7 Å². The van der Waals surface area contributed by atoms with Crippen LogP contribution >= 0.6 is 0 Å². The molecular formula is C10H15N3O5. The molecule has 1 aliphatic rings. The fourth-order valence-electron chi connectivity index (χ4n) is 1.93. The molecule has 1 aliphatic heterocycles. The average molecular weight is 257 g/mol. The van der Waals surface area contributed by atoms with Crippen molar-refractivity contribution in [3.63, 3.8) is 0 Å². The Kier molecular flexibility index (Phi) is 3.35. The Morgan fingerprint density at radius 1 is 1.50 bits per heavy atom. The smallest absolute Gasteiger partial charge is 0.351 e. The van der Waals surface area contributed by atoms with Crippen LogP contribution in [0.5, 0.6) is 0 Å². The van der Waals surface area contributed by atoms with Crippen molar-refractivity contribution in [2.75, 3.05) is 5.73 Å².